The van der Waals surface area contributed by atoms with E-state index in [1.807, 2.05) is 66.9 Å². The zero-order chi connectivity index (χ0) is 21.0. The summed E-state index contributed by atoms with van der Waals surface area (Å²) in [6.45, 7) is 2.25. The lowest BCUT2D eigenvalue weighted by Gasteiger charge is -2.25. The van der Waals surface area contributed by atoms with E-state index in [1.165, 1.54) is 51.4 Å². The lowest BCUT2D eigenvalue weighted by atomic mass is 9.83. The van der Waals surface area contributed by atoms with Gasteiger partial charge in [-0.3, -0.25) is 0 Å². The van der Waals surface area contributed by atoms with Crippen LogP contribution < -0.4 is 0 Å². The van der Waals surface area contributed by atoms with Gasteiger partial charge >= 0.3 is 0 Å². The molecule has 0 aromatic heterocycles. The number of unbranched alkanes of at least 4 members (excludes halogenated alkanes) is 3. The van der Waals surface area contributed by atoms with Crippen molar-refractivity contribution in [2.75, 3.05) is 0 Å². The zero-order valence-corrected chi connectivity index (χ0v) is 18.2. The van der Waals surface area contributed by atoms with Gasteiger partial charge in [0.25, 0.3) is 0 Å². The molecule has 160 valence electrons. The Morgan fingerprint density at radius 3 is 2.37 bits per heavy atom. The summed E-state index contributed by atoms with van der Waals surface area (Å²) in [4.78, 5) is 0. The second-order valence-electron chi connectivity index (χ2n) is 8.28. The van der Waals surface area contributed by atoms with Crippen LogP contribution in [0.4, 0.5) is 0 Å². The molecule has 0 unspecified atom stereocenters. The van der Waals surface area contributed by atoms with Gasteiger partial charge in [0.05, 0.1) is 6.26 Å². The van der Waals surface area contributed by atoms with Crippen LogP contribution in [-0.2, 0) is 4.74 Å². The molecule has 0 heterocycles. The number of aliphatic hydroxyl groups excluding tert-OH is 1. The van der Waals surface area contributed by atoms with Crippen LogP contribution in [0, 0.1) is 5.92 Å². The molecular weight excluding hydrogens is 368 g/mol. The first-order valence-corrected chi connectivity index (χ1v) is 11.6. The van der Waals surface area contributed by atoms with Crippen LogP contribution in [0.3, 0.4) is 0 Å². The number of allylic oxidation sites excluding steroid dienone is 3. The molecule has 1 fully saturated rings. The average molecular weight is 405 g/mol. The van der Waals surface area contributed by atoms with E-state index in [0.717, 1.165) is 11.1 Å². The molecule has 2 heteroatoms. The van der Waals surface area contributed by atoms with Crippen LogP contribution in [0.5, 0.6) is 0 Å². The van der Waals surface area contributed by atoms with Gasteiger partial charge in [-0.25, -0.2) is 0 Å². The van der Waals surface area contributed by atoms with Gasteiger partial charge in [0.2, 0.25) is 0 Å². The van der Waals surface area contributed by atoms with Gasteiger partial charge in [-0.15, -0.1) is 0 Å². The van der Waals surface area contributed by atoms with E-state index in [4.69, 9.17) is 4.74 Å². The molecular formula is C28H36O2. The van der Waals surface area contributed by atoms with E-state index in [0.29, 0.717) is 5.92 Å². The largest absolute Gasteiger partial charge is 0.491 e. The summed E-state index contributed by atoms with van der Waals surface area (Å²) in [5.74, 6) is 0.464. The Kier molecular flexibility index (Phi) is 9.24. The second kappa shape index (κ2) is 12.4. The fourth-order valence-corrected chi connectivity index (χ4v) is 4.25. The summed E-state index contributed by atoms with van der Waals surface area (Å²) >= 11 is 0. The highest BCUT2D eigenvalue weighted by molar-refractivity contribution is 5.25. The molecule has 2 nitrogen and oxygen atoms in total. The maximum absolute atomic E-state index is 11.0. The molecule has 3 atom stereocenters. The van der Waals surface area contributed by atoms with Gasteiger partial charge in [0, 0.05) is 5.92 Å². The Bertz CT molecular complexity index is 779. The van der Waals surface area contributed by atoms with Crippen molar-refractivity contribution in [1.29, 1.82) is 0 Å². The summed E-state index contributed by atoms with van der Waals surface area (Å²) in [5.41, 5.74) is 3.42. The molecule has 0 spiro atoms. The molecule has 0 saturated heterocycles. The Morgan fingerprint density at radius 1 is 0.967 bits per heavy atom. The fourth-order valence-electron chi connectivity index (χ4n) is 4.25. The minimum Gasteiger partial charge on any atom is -0.491 e. The summed E-state index contributed by atoms with van der Waals surface area (Å²) in [6, 6.07) is 19.8. The normalized spacial score (nSPS) is 20.3. The van der Waals surface area contributed by atoms with E-state index >= 15 is 0 Å². The standard InChI is InChI=1S/C28H36O2/c1-2-3-4-7-14-23-15-12-13-16-24(23)21-22-30-28(26-19-10-6-11-20-26)27(29)25-17-8-5-9-18-25/h5-6,8-11,14,17-22,24,27-29H,2-4,7,12-13,15-16H2,1H3/b22-21-,23-14-/t24-,27+,28+/m0/s1. The van der Waals surface area contributed by atoms with Crippen LogP contribution in [0.25, 0.3) is 0 Å². The van der Waals surface area contributed by atoms with Crippen molar-refractivity contribution in [3.8, 4) is 0 Å². The highest BCUT2D eigenvalue weighted by Gasteiger charge is 2.24. The maximum atomic E-state index is 11.0. The number of hydrogen-bond acceptors (Lipinski definition) is 2. The molecule has 1 N–H and O–H groups in total. The monoisotopic (exact) mass is 404 g/mol. The molecule has 2 aromatic carbocycles. The van der Waals surface area contributed by atoms with Gasteiger partial charge in [-0.2, -0.15) is 0 Å². The predicted molar refractivity (Wildman–Crippen MR) is 125 cm³/mol. The van der Waals surface area contributed by atoms with E-state index in [-0.39, 0.29) is 0 Å². The molecule has 1 aliphatic carbocycles. The van der Waals surface area contributed by atoms with Gasteiger partial charge in [0.15, 0.2) is 6.10 Å². The lowest BCUT2D eigenvalue weighted by molar-refractivity contribution is 0.00568. The second-order valence-corrected chi connectivity index (χ2v) is 8.28. The first-order chi connectivity index (χ1) is 14.8. The van der Waals surface area contributed by atoms with Crippen molar-refractivity contribution in [2.45, 2.75) is 70.5 Å². The quantitative estimate of drug-likeness (QED) is 0.250. The molecule has 0 amide bonds. The van der Waals surface area contributed by atoms with Gasteiger partial charge in [0.1, 0.15) is 6.10 Å². The van der Waals surface area contributed by atoms with Crippen LogP contribution in [0.15, 0.2) is 84.7 Å². The van der Waals surface area contributed by atoms with E-state index in [9.17, 15) is 5.11 Å². The fraction of sp³-hybridized carbons (Fsp3) is 0.429. The molecule has 1 aliphatic rings. The number of ether oxygens (including phenoxy) is 1. The smallest absolute Gasteiger partial charge is 0.153 e. The number of benzene rings is 2. The van der Waals surface area contributed by atoms with Crippen molar-refractivity contribution in [2.24, 2.45) is 5.92 Å². The maximum Gasteiger partial charge on any atom is 0.153 e. The van der Waals surface area contributed by atoms with E-state index in [1.54, 1.807) is 5.57 Å². The summed E-state index contributed by atoms with van der Waals surface area (Å²) in [5, 5.41) is 11.0. The third-order valence-electron chi connectivity index (χ3n) is 6.01. The highest BCUT2D eigenvalue weighted by Crippen LogP contribution is 2.34. The van der Waals surface area contributed by atoms with Crippen molar-refractivity contribution >= 4 is 0 Å². The van der Waals surface area contributed by atoms with Crippen molar-refractivity contribution in [3.63, 3.8) is 0 Å². The third-order valence-corrected chi connectivity index (χ3v) is 6.01. The Balaban J connectivity index is 1.70. The number of hydrogen-bond donors (Lipinski definition) is 1. The van der Waals surface area contributed by atoms with Crippen LogP contribution in [-0.4, -0.2) is 5.11 Å². The molecule has 0 radical (unpaired) electrons. The molecule has 2 aromatic rings. The molecule has 1 saturated carbocycles. The zero-order valence-electron chi connectivity index (χ0n) is 18.2. The van der Waals surface area contributed by atoms with Crippen molar-refractivity contribution in [1.82, 2.24) is 0 Å². The van der Waals surface area contributed by atoms with Gasteiger partial charge < -0.3 is 9.84 Å². The Hall–Kier alpha value is -2.32. The number of aliphatic hydroxyl groups is 1. The molecule has 3 rings (SSSR count). The Morgan fingerprint density at radius 2 is 1.67 bits per heavy atom. The molecule has 0 aliphatic heterocycles. The highest BCUT2D eigenvalue weighted by atomic mass is 16.5. The summed E-state index contributed by atoms with van der Waals surface area (Å²) in [7, 11) is 0. The van der Waals surface area contributed by atoms with Crippen LogP contribution >= 0.6 is 0 Å². The summed E-state index contributed by atoms with van der Waals surface area (Å²) in [6.07, 6.45) is 15.4. The van der Waals surface area contributed by atoms with Crippen LogP contribution in [0.1, 0.15) is 81.6 Å². The van der Waals surface area contributed by atoms with E-state index in [2.05, 4.69) is 19.1 Å². The third kappa shape index (κ3) is 6.60. The van der Waals surface area contributed by atoms with Crippen molar-refractivity contribution < 1.29 is 9.84 Å². The number of rotatable bonds is 10. The van der Waals surface area contributed by atoms with Crippen molar-refractivity contribution in [3.05, 3.63) is 95.8 Å². The minimum absolute atomic E-state index is 0.426. The van der Waals surface area contributed by atoms with Gasteiger partial charge in [-0.1, -0.05) is 98.5 Å². The van der Waals surface area contributed by atoms with E-state index < -0.39 is 12.2 Å². The minimum atomic E-state index is -0.714. The predicted octanol–water partition coefficient (Wildman–Crippen LogP) is 7.69. The SMILES string of the molecule is CCCCC/C=C1/CCCC[C@H]1/C=C\O[C@H](c1ccccc1)[C@H](O)c1ccccc1. The average Bonchev–Trinajstić information content (AvgIpc) is 2.81. The first kappa shape index (κ1) is 22.4. The van der Waals surface area contributed by atoms with Gasteiger partial charge in [-0.05, 0) is 49.3 Å². The van der Waals surface area contributed by atoms with Crippen LogP contribution in [0.2, 0.25) is 0 Å². The molecule has 0 bridgehead atoms. The topological polar surface area (TPSA) is 29.5 Å². The lowest BCUT2D eigenvalue weighted by Crippen LogP contribution is -2.13. The summed E-state index contributed by atoms with van der Waals surface area (Å²) < 4.78 is 6.18. The first-order valence-electron chi connectivity index (χ1n) is 11.6. The molecule has 30 heavy (non-hydrogen) atoms. The Labute approximate surface area is 182 Å².